The lowest BCUT2D eigenvalue weighted by molar-refractivity contribution is 0.263. The molecule has 1 saturated heterocycles. The summed E-state index contributed by atoms with van der Waals surface area (Å²) < 4.78 is 34.1. The third kappa shape index (κ3) is 3.47. The highest BCUT2D eigenvalue weighted by atomic mass is 32.2. The number of methoxy groups -OCH3 is 1. The zero-order valence-corrected chi connectivity index (χ0v) is 14.9. The fourth-order valence-electron chi connectivity index (χ4n) is 3.28. The van der Waals surface area contributed by atoms with Gasteiger partial charge in [-0.1, -0.05) is 18.2 Å². The van der Waals surface area contributed by atoms with Crippen LogP contribution in [0.2, 0.25) is 0 Å². The summed E-state index contributed by atoms with van der Waals surface area (Å²) in [5, 5.41) is 3.98. The Hall–Kier alpha value is -1.86. The summed E-state index contributed by atoms with van der Waals surface area (Å²) in [5.74, 6) is 1.16. The van der Waals surface area contributed by atoms with Crippen molar-refractivity contribution in [2.24, 2.45) is 13.0 Å². The molecule has 2 aromatic rings. The summed E-state index contributed by atoms with van der Waals surface area (Å²) in [6.07, 6.45) is 5.69. The Labute approximate surface area is 143 Å². The number of aryl methyl sites for hydroxylation is 1. The van der Waals surface area contributed by atoms with Crippen LogP contribution in [0, 0.1) is 5.92 Å². The molecule has 0 N–H and O–H groups in total. The monoisotopic (exact) mass is 349 g/mol. The van der Waals surface area contributed by atoms with Crippen LogP contribution in [0.1, 0.15) is 18.4 Å². The Morgan fingerprint density at radius 2 is 2.12 bits per heavy atom. The molecule has 1 aromatic carbocycles. The molecular formula is C17H23N3O3S. The Morgan fingerprint density at radius 3 is 2.83 bits per heavy atom. The first-order valence-electron chi connectivity index (χ1n) is 8.11. The average molecular weight is 349 g/mol. The van der Waals surface area contributed by atoms with Crippen molar-refractivity contribution in [3.8, 4) is 5.75 Å². The molecule has 0 saturated carbocycles. The summed E-state index contributed by atoms with van der Waals surface area (Å²) in [4.78, 5) is 0.267. The number of rotatable bonds is 5. The molecule has 3 rings (SSSR count). The van der Waals surface area contributed by atoms with Gasteiger partial charge in [0.25, 0.3) is 0 Å². The summed E-state index contributed by atoms with van der Waals surface area (Å²) in [5.41, 5.74) is 1.13. The molecule has 1 aliphatic heterocycles. The molecule has 1 unspecified atom stereocenters. The Morgan fingerprint density at radius 1 is 1.33 bits per heavy atom. The number of para-hydroxylation sites is 1. The first-order chi connectivity index (χ1) is 11.5. The molecule has 0 bridgehead atoms. The van der Waals surface area contributed by atoms with E-state index in [1.54, 1.807) is 24.7 Å². The summed E-state index contributed by atoms with van der Waals surface area (Å²) in [6, 6.07) is 7.93. The minimum atomic E-state index is -3.46. The molecule has 6 nitrogen and oxygen atoms in total. The third-order valence-electron chi connectivity index (χ3n) is 4.50. The fraction of sp³-hybridized carbons (Fsp3) is 0.471. The Balaban J connectivity index is 1.75. The van der Waals surface area contributed by atoms with E-state index in [0.717, 1.165) is 30.6 Å². The molecule has 1 aromatic heterocycles. The maximum Gasteiger partial charge on any atom is 0.246 e. The zero-order chi connectivity index (χ0) is 17.2. The van der Waals surface area contributed by atoms with Gasteiger partial charge in [0.1, 0.15) is 10.6 Å². The molecule has 0 amide bonds. The van der Waals surface area contributed by atoms with E-state index in [1.807, 2.05) is 24.3 Å². The van der Waals surface area contributed by atoms with Crippen LogP contribution >= 0.6 is 0 Å². The minimum absolute atomic E-state index is 0.267. The predicted octanol–water partition coefficient (Wildman–Crippen LogP) is 2.07. The van der Waals surface area contributed by atoms with Crippen molar-refractivity contribution in [2.45, 2.75) is 24.2 Å². The molecule has 1 aliphatic rings. The molecule has 24 heavy (non-hydrogen) atoms. The van der Waals surface area contributed by atoms with Gasteiger partial charge in [-0.15, -0.1) is 0 Å². The van der Waals surface area contributed by atoms with E-state index in [4.69, 9.17) is 4.74 Å². The highest BCUT2D eigenvalue weighted by Gasteiger charge is 2.31. The van der Waals surface area contributed by atoms with Crippen LogP contribution in [0.5, 0.6) is 5.75 Å². The van der Waals surface area contributed by atoms with Crippen molar-refractivity contribution in [2.75, 3.05) is 20.2 Å². The van der Waals surface area contributed by atoms with Crippen molar-refractivity contribution in [3.05, 3.63) is 42.2 Å². The van der Waals surface area contributed by atoms with E-state index in [9.17, 15) is 8.42 Å². The molecule has 0 aliphatic carbocycles. The quantitative estimate of drug-likeness (QED) is 0.829. The highest BCUT2D eigenvalue weighted by molar-refractivity contribution is 7.89. The van der Waals surface area contributed by atoms with Gasteiger partial charge in [0.15, 0.2) is 0 Å². The molecule has 0 radical (unpaired) electrons. The van der Waals surface area contributed by atoms with E-state index >= 15 is 0 Å². The van der Waals surface area contributed by atoms with E-state index in [2.05, 4.69) is 5.10 Å². The second kappa shape index (κ2) is 6.94. The van der Waals surface area contributed by atoms with Crippen molar-refractivity contribution in [3.63, 3.8) is 0 Å². The van der Waals surface area contributed by atoms with Crippen molar-refractivity contribution < 1.29 is 13.2 Å². The van der Waals surface area contributed by atoms with E-state index in [1.165, 1.54) is 10.9 Å². The molecule has 1 atom stereocenters. The number of aromatic nitrogens is 2. The lowest BCUT2D eigenvalue weighted by atomic mass is 9.92. The average Bonchev–Trinajstić information content (AvgIpc) is 3.03. The maximum absolute atomic E-state index is 12.8. The maximum atomic E-state index is 12.8. The summed E-state index contributed by atoms with van der Waals surface area (Å²) >= 11 is 0. The number of sulfonamides is 1. The van der Waals surface area contributed by atoms with Crippen LogP contribution in [-0.4, -0.2) is 42.7 Å². The topological polar surface area (TPSA) is 64.4 Å². The zero-order valence-electron chi connectivity index (χ0n) is 14.1. The Kier molecular flexibility index (Phi) is 4.91. The van der Waals surface area contributed by atoms with Gasteiger partial charge in [0, 0.05) is 26.3 Å². The van der Waals surface area contributed by atoms with Crippen LogP contribution in [0.15, 0.2) is 41.6 Å². The van der Waals surface area contributed by atoms with Crippen LogP contribution in [-0.2, 0) is 23.5 Å². The molecule has 0 spiro atoms. The number of ether oxygens (including phenoxy) is 1. The first kappa shape index (κ1) is 17.0. The van der Waals surface area contributed by atoms with Crippen LogP contribution < -0.4 is 4.74 Å². The van der Waals surface area contributed by atoms with Gasteiger partial charge in [-0.2, -0.15) is 9.40 Å². The summed E-state index contributed by atoms with van der Waals surface area (Å²) in [7, 11) is -0.0759. The smallest absolute Gasteiger partial charge is 0.246 e. The largest absolute Gasteiger partial charge is 0.496 e. The van der Waals surface area contributed by atoms with Crippen molar-refractivity contribution in [1.29, 1.82) is 0 Å². The van der Waals surface area contributed by atoms with Gasteiger partial charge >= 0.3 is 0 Å². The van der Waals surface area contributed by atoms with Gasteiger partial charge in [0.2, 0.25) is 10.0 Å². The van der Waals surface area contributed by atoms with E-state index < -0.39 is 10.0 Å². The highest BCUT2D eigenvalue weighted by Crippen LogP contribution is 2.28. The first-order valence-corrected chi connectivity index (χ1v) is 9.55. The SMILES string of the molecule is COc1ccccc1CC1CCCN(S(=O)(=O)c2cnn(C)c2)C1. The van der Waals surface area contributed by atoms with Gasteiger partial charge in [-0.3, -0.25) is 4.68 Å². The van der Waals surface area contributed by atoms with Gasteiger partial charge < -0.3 is 4.74 Å². The molecule has 2 heterocycles. The second-order valence-electron chi connectivity index (χ2n) is 6.24. The molecular weight excluding hydrogens is 326 g/mol. The van der Waals surface area contributed by atoms with Gasteiger partial charge in [-0.05, 0) is 36.8 Å². The standard InChI is InChI=1S/C17H23N3O3S/c1-19-13-16(11-18-19)24(21,22)20-9-5-6-14(12-20)10-15-7-3-4-8-17(15)23-2/h3-4,7-8,11,13-14H,5-6,9-10,12H2,1-2H3. The Bertz CT molecular complexity index is 801. The van der Waals surface area contributed by atoms with Crippen molar-refractivity contribution in [1.82, 2.24) is 14.1 Å². The summed E-state index contributed by atoms with van der Waals surface area (Å²) in [6.45, 7) is 1.11. The number of nitrogens with zero attached hydrogens (tertiary/aromatic N) is 3. The normalized spacial score (nSPS) is 19.3. The van der Waals surface area contributed by atoms with Crippen LogP contribution in [0.4, 0.5) is 0 Å². The number of piperidine rings is 1. The van der Waals surface area contributed by atoms with E-state index in [-0.39, 0.29) is 4.90 Å². The fourth-order valence-corrected chi connectivity index (χ4v) is 4.82. The van der Waals surface area contributed by atoms with Crippen molar-refractivity contribution >= 4 is 10.0 Å². The molecule has 130 valence electrons. The predicted molar refractivity (Wildman–Crippen MR) is 91.4 cm³/mol. The molecule has 7 heteroatoms. The number of hydrogen-bond donors (Lipinski definition) is 0. The van der Waals surface area contributed by atoms with Crippen LogP contribution in [0.3, 0.4) is 0 Å². The lowest BCUT2D eigenvalue weighted by Gasteiger charge is -2.31. The van der Waals surface area contributed by atoms with Gasteiger partial charge in [0.05, 0.1) is 13.3 Å². The second-order valence-corrected chi connectivity index (χ2v) is 8.17. The van der Waals surface area contributed by atoms with Crippen LogP contribution in [0.25, 0.3) is 0 Å². The third-order valence-corrected chi connectivity index (χ3v) is 6.32. The van der Waals surface area contributed by atoms with Gasteiger partial charge in [-0.25, -0.2) is 8.42 Å². The minimum Gasteiger partial charge on any atom is -0.496 e. The number of hydrogen-bond acceptors (Lipinski definition) is 4. The number of benzene rings is 1. The van der Waals surface area contributed by atoms with E-state index in [0.29, 0.717) is 19.0 Å². The molecule has 1 fully saturated rings. The lowest BCUT2D eigenvalue weighted by Crippen LogP contribution is -2.40.